The molecule has 0 aliphatic carbocycles. The van der Waals surface area contributed by atoms with E-state index in [1.165, 1.54) is 12.8 Å². The van der Waals surface area contributed by atoms with Crippen LogP contribution in [0.1, 0.15) is 26.2 Å². The normalized spacial score (nSPS) is 11.5. The molecule has 0 heterocycles. The Hall–Kier alpha value is -2.56. The lowest BCUT2D eigenvalue weighted by atomic mass is 10.2. The zero-order valence-corrected chi connectivity index (χ0v) is 14.7. The topological polar surface area (TPSA) is 52.7 Å². The second kappa shape index (κ2) is 9.55. The molecule has 0 fully saturated rings. The molecule has 5 nitrogen and oxygen atoms in total. The summed E-state index contributed by atoms with van der Waals surface area (Å²) in [5.41, 5.74) is 3.63. The van der Waals surface area contributed by atoms with Gasteiger partial charge in [-0.2, -0.15) is 20.5 Å². The molecule has 0 aromatic heterocycles. The van der Waals surface area contributed by atoms with E-state index >= 15 is 0 Å². The highest BCUT2D eigenvalue weighted by Gasteiger charge is 1.96. The van der Waals surface area contributed by atoms with E-state index in [9.17, 15) is 0 Å². The van der Waals surface area contributed by atoms with Crippen molar-refractivity contribution >= 4 is 22.7 Å². The van der Waals surface area contributed by atoms with Crippen molar-refractivity contribution < 1.29 is 0 Å². The van der Waals surface area contributed by atoms with Crippen LogP contribution < -0.4 is 4.90 Å². The van der Waals surface area contributed by atoms with Crippen LogP contribution in [0.3, 0.4) is 0 Å². The fraction of sp³-hybridized carbons (Fsp3) is 0.368. The highest BCUT2D eigenvalue weighted by Crippen LogP contribution is 2.23. The number of unbranched alkanes of at least 4 members (excludes halogenated alkanes) is 2. The summed E-state index contributed by atoms with van der Waals surface area (Å²) in [7, 11) is 4.03. The number of azo groups is 2. The SMILES string of the molecule is CCCCCN=Nc1ccc(/N=N/c2ccc(N(C)C)cc2)cc1. The lowest BCUT2D eigenvalue weighted by Gasteiger charge is -2.11. The third kappa shape index (κ3) is 5.91. The van der Waals surface area contributed by atoms with Crippen LogP contribution in [0.5, 0.6) is 0 Å². The number of nitrogens with zero attached hydrogens (tertiary/aromatic N) is 5. The van der Waals surface area contributed by atoms with Crippen LogP contribution in [0.15, 0.2) is 69.0 Å². The molecular weight excluding hydrogens is 298 g/mol. The summed E-state index contributed by atoms with van der Waals surface area (Å²) >= 11 is 0. The van der Waals surface area contributed by atoms with Gasteiger partial charge in [0.25, 0.3) is 0 Å². The monoisotopic (exact) mass is 323 g/mol. The smallest absolute Gasteiger partial charge is 0.0858 e. The highest BCUT2D eigenvalue weighted by atomic mass is 15.1. The van der Waals surface area contributed by atoms with E-state index in [1.807, 2.05) is 62.6 Å². The minimum Gasteiger partial charge on any atom is -0.378 e. The highest BCUT2D eigenvalue weighted by molar-refractivity contribution is 5.52. The summed E-state index contributed by atoms with van der Waals surface area (Å²) in [5, 5.41) is 16.9. The molecule has 0 spiro atoms. The van der Waals surface area contributed by atoms with Gasteiger partial charge in [0, 0.05) is 19.8 Å². The maximum Gasteiger partial charge on any atom is 0.0858 e. The molecule has 5 heteroatoms. The first-order valence-corrected chi connectivity index (χ1v) is 8.35. The quantitative estimate of drug-likeness (QED) is 0.407. The van der Waals surface area contributed by atoms with Crippen LogP contribution >= 0.6 is 0 Å². The molecule has 0 aliphatic heterocycles. The first-order valence-electron chi connectivity index (χ1n) is 8.35. The van der Waals surface area contributed by atoms with Crippen molar-refractivity contribution in [3.05, 3.63) is 48.5 Å². The second-order valence-corrected chi connectivity index (χ2v) is 5.80. The number of hydrogen-bond donors (Lipinski definition) is 0. The third-order valence-corrected chi connectivity index (χ3v) is 3.54. The molecule has 0 aliphatic rings. The van der Waals surface area contributed by atoms with E-state index in [1.54, 1.807) is 0 Å². The summed E-state index contributed by atoms with van der Waals surface area (Å²) in [6, 6.07) is 15.6. The van der Waals surface area contributed by atoms with Crippen LogP contribution in [0.4, 0.5) is 22.7 Å². The number of rotatable bonds is 8. The third-order valence-electron chi connectivity index (χ3n) is 3.54. The summed E-state index contributed by atoms with van der Waals surface area (Å²) in [4.78, 5) is 2.05. The van der Waals surface area contributed by atoms with Gasteiger partial charge in [-0.15, -0.1) is 0 Å². The Labute approximate surface area is 144 Å². The number of anilines is 1. The van der Waals surface area contributed by atoms with Crippen molar-refractivity contribution in [2.24, 2.45) is 20.5 Å². The molecule has 0 unspecified atom stereocenters. The molecule has 0 saturated carbocycles. The molecule has 0 radical (unpaired) electrons. The van der Waals surface area contributed by atoms with Gasteiger partial charge in [0.2, 0.25) is 0 Å². The van der Waals surface area contributed by atoms with Crippen molar-refractivity contribution in [3.8, 4) is 0 Å². The van der Waals surface area contributed by atoms with E-state index in [-0.39, 0.29) is 0 Å². The van der Waals surface area contributed by atoms with Crippen molar-refractivity contribution in [2.45, 2.75) is 26.2 Å². The standard InChI is InChI=1S/C19H25N5/c1-4-5-6-15-20-21-16-7-9-17(10-8-16)22-23-18-11-13-19(14-12-18)24(2)3/h7-14H,4-6,15H2,1-3H3/b21-20?,23-22+. The predicted octanol–water partition coefficient (Wildman–Crippen LogP) is 6.44. The van der Waals surface area contributed by atoms with E-state index in [2.05, 4.69) is 32.3 Å². The van der Waals surface area contributed by atoms with Gasteiger partial charge in [0.1, 0.15) is 0 Å². The Bertz CT molecular complexity index is 657. The van der Waals surface area contributed by atoms with Crippen LogP contribution in [0.25, 0.3) is 0 Å². The van der Waals surface area contributed by atoms with E-state index in [0.717, 1.165) is 35.7 Å². The summed E-state index contributed by atoms with van der Waals surface area (Å²) in [6.45, 7) is 2.97. The number of hydrogen-bond acceptors (Lipinski definition) is 5. The first kappa shape index (κ1) is 17.8. The van der Waals surface area contributed by atoms with Crippen LogP contribution in [0.2, 0.25) is 0 Å². The average Bonchev–Trinajstić information content (AvgIpc) is 2.61. The van der Waals surface area contributed by atoms with Gasteiger partial charge in [-0.3, -0.25) is 0 Å². The lowest BCUT2D eigenvalue weighted by Crippen LogP contribution is -2.07. The maximum absolute atomic E-state index is 4.25. The van der Waals surface area contributed by atoms with Gasteiger partial charge in [0.05, 0.1) is 23.6 Å². The van der Waals surface area contributed by atoms with Crippen LogP contribution in [-0.4, -0.2) is 20.6 Å². The minimum atomic E-state index is 0.790. The first-order chi connectivity index (χ1) is 11.7. The fourth-order valence-electron chi connectivity index (χ4n) is 2.08. The Morgan fingerprint density at radius 2 is 1.21 bits per heavy atom. The van der Waals surface area contributed by atoms with Crippen molar-refractivity contribution in [2.75, 3.05) is 25.5 Å². The largest absolute Gasteiger partial charge is 0.378 e. The van der Waals surface area contributed by atoms with E-state index < -0.39 is 0 Å². The maximum atomic E-state index is 4.25. The predicted molar refractivity (Wildman–Crippen MR) is 100 cm³/mol. The fourth-order valence-corrected chi connectivity index (χ4v) is 2.08. The molecule has 0 bridgehead atoms. The molecule has 24 heavy (non-hydrogen) atoms. The van der Waals surface area contributed by atoms with E-state index in [0.29, 0.717) is 0 Å². The molecule has 2 aromatic rings. The zero-order valence-electron chi connectivity index (χ0n) is 14.7. The summed E-state index contributed by atoms with van der Waals surface area (Å²) < 4.78 is 0. The Morgan fingerprint density at radius 3 is 1.71 bits per heavy atom. The van der Waals surface area contributed by atoms with Gasteiger partial charge in [-0.25, -0.2) is 0 Å². The second-order valence-electron chi connectivity index (χ2n) is 5.80. The van der Waals surface area contributed by atoms with E-state index in [4.69, 9.17) is 0 Å². The molecule has 0 N–H and O–H groups in total. The Kier molecular flexibility index (Phi) is 7.08. The molecule has 126 valence electrons. The molecule has 2 aromatic carbocycles. The Balaban J connectivity index is 1.91. The molecule has 0 amide bonds. The molecular formula is C19H25N5. The van der Waals surface area contributed by atoms with Crippen LogP contribution in [-0.2, 0) is 0 Å². The molecule has 2 rings (SSSR count). The van der Waals surface area contributed by atoms with Crippen molar-refractivity contribution in [3.63, 3.8) is 0 Å². The van der Waals surface area contributed by atoms with Gasteiger partial charge >= 0.3 is 0 Å². The van der Waals surface area contributed by atoms with Gasteiger partial charge in [0.15, 0.2) is 0 Å². The lowest BCUT2D eigenvalue weighted by molar-refractivity contribution is 0.713. The van der Waals surface area contributed by atoms with Crippen molar-refractivity contribution in [1.82, 2.24) is 0 Å². The number of benzene rings is 2. The molecule has 0 saturated heterocycles. The van der Waals surface area contributed by atoms with Gasteiger partial charge < -0.3 is 4.90 Å². The van der Waals surface area contributed by atoms with Crippen LogP contribution in [0, 0.1) is 0 Å². The zero-order chi connectivity index (χ0) is 17.2. The van der Waals surface area contributed by atoms with Gasteiger partial charge in [-0.05, 0) is 55.0 Å². The summed E-state index contributed by atoms with van der Waals surface area (Å²) in [5.74, 6) is 0. The minimum absolute atomic E-state index is 0.790. The molecule has 0 atom stereocenters. The van der Waals surface area contributed by atoms with Crippen molar-refractivity contribution in [1.29, 1.82) is 0 Å². The Morgan fingerprint density at radius 1 is 0.708 bits per heavy atom. The summed E-state index contributed by atoms with van der Waals surface area (Å²) in [6.07, 6.45) is 3.50. The van der Waals surface area contributed by atoms with Gasteiger partial charge in [-0.1, -0.05) is 19.8 Å². The average molecular weight is 323 g/mol.